The SMILES string of the molecule is C[C@H](N)C1CCN(c2nc3c(cc2F)c(=O)[nH]c(=O)n3C2CC2)C1.Cl. The predicted octanol–water partition coefficient (Wildman–Crippen LogP) is 1.15. The number of nitrogens with zero attached hydrogens (tertiary/aromatic N) is 3. The highest BCUT2D eigenvalue weighted by atomic mass is 35.5. The molecule has 25 heavy (non-hydrogen) atoms. The standard InChI is InChI=1S/C16H20FN5O2.ClH/c1-8(18)9-4-5-21(7-9)14-12(17)6-11-13(19-14)22(10-2-3-10)16(24)20-15(11)23;/h6,8-10H,2-5,7,18H2,1H3,(H,20,23,24);1H/t8-,9?;/m0./s1. The van der Waals surface area contributed by atoms with E-state index >= 15 is 0 Å². The average Bonchev–Trinajstić information content (AvgIpc) is 3.22. The van der Waals surface area contributed by atoms with Crippen LogP contribution in [0, 0.1) is 11.7 Å². The summed E-state index contributed by atoms with van der Waals surface area (Å²) in [4.78, 5) is 32.6. The number of halogens is 2. The van der Waals surface area contributed by atoms with Crippen molar-refractivity contribution in [1.82, 2.24) is 14.5 Å². The van der Waals surface area contributed by atoms with Gasteiger partial charge in [0.15, 0.2) is 17.3 Å². The normalized spacial score (nSPS) is 21.4. The minimum atomic E-state index is -0.597. The number of fused-ring (bicyclic) bond motifs is 1. The Labute approximate surface area is 149 Å². The molecule has 2 atom stereocenters. The maximum absolute atomic E-state index is 14.6. The van der Waals surface area contributed by atoms with E-state index in [1.54, 1.807) is 0 Å². The third kappa shape index (κ3) is 3.04. The lowest BCUT2D eigenvalue weighted by Gasteiger charge is -2.20. The Bertz CT molecular complexity index is 921. The number of anilines is 1. The van der Waals surface area contributed by atoms with Gasteiger partial charge in [-0.1, -0.05) is 0 Å². The molecule has 3 heterocycles. The first kappa shape index (κ1) is 17.9. The second-order valence-corrected chi connectivity index (χ2v) is 6.88. The molecule has 0 aromatic carbocycles. The van der Waals surface area contributed by atoms with Gasteiger partial charge in [0.2, 0.25) is 0 Å². The number of aromatic amines is 1. The van der Waals surface area contributed by atoms with Gasteiger partial charge in [0.25, 0.3) is 5.56 Å². The van der Waals surface area contributed by atoms with Gasteiger partial charge in [0, 0.05) is 25.2 Å². The van der Waals surface area contributed by atoms with Crippen molar-refractivity contribution >= 4 is 29.3 Å². The van der Waals surface area contributed by atoms with Gasteiger partial charge >= 0.3 is 5.69 Å². The fraction of sp³-hybridized carbons (Fsp3) is 0.562. The van der Waals surface area contributed by atoms with E-state index in [1.807, 2.05) is 11.8 Å². The molecule has 0 spiro atoms. The van der Waals surface area contributed by atoms with Crippen LogP contribution in [0.25, 0.3) is 11.0 Å². The molecule has 136 valence electrons. The minimum absolute atomic E-state index is 0. The Morgan fingerprint density at radius 2 is 2.08 bits per heavy atom. The second-order valence-electron chi connectivity index (χ2n) is 6.88. The van der Waals surface area contributed by atoms with Crippen LogP contribution in [0.1, 0.15) is 32.2 Å². The van der Waals surface area contributed by atoms with Gasteiger partial charge in [0.1, 0.15) is 0 Å². The fourth-order valence-corrected chi connectivity index (χ4v) is 3.44. The van der Waals surface area contributed by atoms with E-state index in [4.69, 9.17) is 5.73 Å². The molecule has 2 aromatic heterocycles. The Hall–Kier alpha value is -1.93. The lowest BCUT2D eigenvalue weighted by Crippen LogP contribution is -2.32. The molecule has 1 unspecified atom stereocenters. The van der Waals surface area contributed by atoms with Gasteiger partial charge in [0.05, 0.1) is 5.39 Å². The summed E-state index contributed by atoms with van der Waals surface area (Å²) in [7, 11) is 0. The Kier molecular flexibility index (Phi) is 4.59. The van der Waals surface area contributed by atoms with E-state index in [9.17, 15) is 14.0 Å². The molecule has 1 saturated heterocycles. The molecule has 1 aliphatic heterocycles. The first-order valence-corrected chi connectivity index (χ1v) is 8.31. The fourth-order valence-electron chi connectivity index (χ4n) is 3.44. The average molecular weight is 370 g/mol. The quantitative estimate of drug-likeness (QED) is 0.846. The lowest BCUT2D eigenvalue weighted by atomic mass is 10.0. The zero-order valence-electron chi connectivity index (χ0n) is 13.9. The van der Waals surface area contributed by atoms with Crippen LogP contribution in [0.5, 0.6) is 0 Å². The van der Waals surface area contributed by atoms with Crippen molar-refractivity contribution in [2.75, 3.05) is 18.0 Å². The molecule has 4 rings (SSSR count). The molecule has 0 amide bonds. The second kappa shape index (κ2) is 6.42. The van der Waals surface area contributed by atoms with E-state index in [-0.39, 0.29) is 47.3 Å². The van der Waals surface area contributed by atoms with Crippen LogP contribution in [0.2, 0.25) is 0 Å². The number of H-pyrrole nitrogens is 1. The summed E-state index contributed by atoms with van der Waals surface area (Å²) in [5.74, 6) is -0.0592. The number of nitrogens with one attached hydrogen (secondary N) is 1. The molecular formula is C16H21ClFN5O2. The Morgan fingerprint density at radius 3 is 2.68 bits per heavy atom. The maximum Gasteiger partial charge on any atom is 0.330 e. The third-order valence-electron chi connectivity index (χ3n) is 5.03. The molecule has 1 saturated carbocycles. The monoisotopic (exact) mass is 369 g/mol. The lowest BCUT2D eigenvalue weighted by molar-refractivity contribution is 0.487. The van der Waals surface area contributed by atoms with E-state index in [0.717, 1.165) is 19.3 Å². The molecule has 2 aromatic rings. The summed E-state index contributed by atoms with van der Waals surface area (Å²) in [6.07, 6.45) is 2.61. The molecule has 1 aliphatic carbocycles. The van der Waals surface area contributed by atoms with Gasteiger partial charge in [-0.2, -0.15) is 0 Å². The van der Waals surface area contributed by atoms with Gasteiger partial charge in [-0.25, -0.2) is 14.2 Å². The van der Waals surface area contributed by atoms with E-state index in [1.165, 1.54) is 10.6 Å². The smallest absolute Gasteiger partial charge is 0.330 e. The van der Waals surface area contributed by atoms with Gasteiger partial charge in [-0.05, 0) is 38.2 Å². The van der Waals surface area contributed by atoms with Gasteiger partial charge in [-0.3, -0.25) is 14.3 Å². The van der Waals surface area contributed by atoms with Crippen molar-refractivity contribution in [3.63, 3.8) is 0 Å². The van der Waals surface area contributed by atoms with Crippen LogP contribution in [0.3, 0.4) is 0 Å². The summed E-state index contributed by atoms with van der Waals surface area (Å²) in [6, 6.07) is 1.26. The zero-order chi connectivity index (χ0) is 17.0. The van der Waals surface area contributed by atoms with Crippen LogP contribution in [-0.2, 0) is 0 Å². The predicted molar refractivity (Wildman–Crippen MR) is 96.1 cm³/mol. The third-order valence-corrected chi connectivity index (χ3v) is 5.03. The Morgan fingerprint density at radius 1 is 1.36 bits per heavy atom. The maximum atomic E-state index is 14.6. The highest BCUT2D eigenvalue weighted by Gasteiger charge is 2.31. The number of nitrogens with two attached hydrogens (primary N) is 1. The number of rotatable bonds is 3. The minimum Gasteiger partial charge on any atom is -0.354 e. The van der Waals surface area contributed by atoms with Crippen molar-refractivity contribution in [2.24, 2.45) is 11.7 Å². The molecule has 2 fully saturated rings. The summed E-state index contributed by atoms with van der Waals surface area (Å²) in [5.41, 5.74) is 5.14. The molecule has 2 aliphatic rings. The van der Waals surface area contributed by atoms with Crippen molar-refractivity contribution < 1.29 is 4.39 Å². The van der Waals surface area contributed by atoms with Crippen LogP contribution < -0.4 is 21.9 Å². The van der Waals surface area contributed by atoms with Gasteiger partial charge in [-0.15, -0.1) is 12.4 Å². The molecular weight excluding hydrogens is 349 g/mol. The van der Waals surface area contributed by atoms with E-state index < -0.39 is 17.1 Å². The highest BCUT2D eigenvalue weighted by molar-refractivity contribution is 5.85. The first-order chi connectivity index (χ1) is 11.5. The first-order valence-electron chi connectivity index (χ1n) is 8.31. The summed E-state index contributed by atoms with van der Waals surface area (Å²) >= 11 is 0. The molecule has 7 nitrogen and oxygen atoms in total. The Balaban J connectivity index is 0.00000182. The van der Waals surface area contributed by atoms with Crippen molar-refractivity contribution in [1.29, 1.82) is 0 Å². The van der Waals surface area contributed by atoms with Crippen LogP contribution in [-0.4, -0.2) is 33.7 Å². The molecule has 9 heteroatoms. The summed E-state index contributed by atoms with van der Waals surface area (Å²) < 4.78 is 16.0. The molecule has 0 bridgehead atoms. The van der Waals surface area contributed by atoms with Crippen molar-refractivity contribution in [2.45, 2.75) is 38.3 Å². The number of aromatic nitrogens is 3. The number of hydrogen-bond acceptors (Lipinski definition) is 5. The van der Waals surface area contributed by atoms with E-state index in [0.29, 0.717) is 13.1 Å². The van der Waals surface area contributed by atoms with Crippen LogP contribution >= 0.6 is 12.4 Å². The largest absolute Gasteiger partial charge is 0.354 e. The number of pyridine rings is 1. The molecule has 3 N–H and O–H groups in total. The van der Waals surface area contributed by atoms with Crippen molar-refractivity contribution in [3.8, 4) is 0 Å². The summed E-state index contributed by atoms with van der Waals surface area (Å²) in [5, 5.41) is 0.116. The van der Waals surface area contributed by atoms with Gasteiger partial charge < -0.3 is 10.6 Å². The van der Waals surface area contributed by atoms with Crippen LogP contribution in [0.15, 0.2) is 15.7 Å². The topological polar surface area (TPSA) is 97.0 Å². The highest BCUT2D eigenvalue weighted by Crippen LogP contribution is 2.35. The van der Waals surface area contributed by atoms with Crippen molar-refractivity contribution in [3.05, 3.63) is 32.7 Å². The van der Waals surface area contributed by atoms with Crippen LogP contribution in [0.4, 0.5) is 10.2 Å². The summed E-state index contributed by atoms with van der Waals surface area (Å²) in [6.45, 7) is 3.24. The molecule has 0 radical (unpaired) electrons. The zero-order valence-corrected chi connectivity index (χ0v) is 14.7. The number of hydrogen-bond donors (Lipinski definition) is 2. The van der Waals surface area contributed by atoms with E-state index in [2.05, 4.69) is 9.97 Å².